The zero-order chi connectivity index (χ0) is 13.0. The van der Waals surface area contributed by atoms with Gasteiger partial charge in [0, 0.05) is 30.9 Å². The van der Waals surface area contributed by atoms with Crippen molar-refractivity contribution in [3.8, 4) is 0 Å². The number of aryl methyl sites for hydroxylation is 1. The summed E-state index contributed by atoms with van der Waals surface area (Å²) in [5.41, 5.74) is 8.34. The normalized spacial score (nSPS) is 14.7. The fraction of sp³-hybridized carbons (Fsp3) is 0.714. The smallest absolute Gasteiger partial charge is 0.135 e. The molecule has 0 saturated carbocycles. The number of anilines is 1. The third-order valence-corrected chi connectivity index (χ3v) is 3.39. The standard InChI is InChI=1S/C14H24N4/c1-11(2)9-18(8-7-15)14-12-5-3-4-6-13(12)16-10-17-14/h10-11H,3-9,15H2,1-2H3. The lowest BCUT2D eigenvalue weighted by molar-refractivity contribution is 0.596. The highest BCUT2D eigenvalue weighted by Gasteiger charge is 2.19. The van der Waals surface area contributed by atoms with E-state index in [-0.39, 0.29) is 0 Å². The molecule has 0 aromatic carbocycles. The van der Waals surface area contributed by atoms with E-state index >= 15 is 0 Å². The lowest BCUT2D eigenvalue weighted by atomic mass is 9.96. The highest BCUT2D eigenvalue weighted by Crippen LogP contribution is 2.27. The van der Waals surface area contributed by atoms with Crippen molar-refractivity contribution in [1.82, 2.24) is 9.97 Å². The Morgan fingerprint density at radius 1 is 1.28 bits per heavy atom. The van der Waals surface area contributed by atoms with Gasteiger partial charge in [-0.15, -0.1) is 0 Å². The van der Waals surface area contributed by atoms with Crippen LogP contribution in [0, 0.1) is 5.92 Å². The molecule has 4 heteroatoms. The van der Waals surface area contributed by atoms with Crippen LogP contribution in [0.1, 0.15) is 37.9 Å². The molecule has 0 fully saturated rings. The number of nitrogens with two attached hydrogens (primary N) is 1. The van der Waals surface area contributed by atoms with E-state index in [2.05, 4.69) is 28.7 Å². The zero-order valence-electron chi connectivity index (χ0n) is 11.5. The van der Waals surface area contributed by atoms with Crippen LogP contribution in [0.25, 0.3) is 0 Å². The summed E-state index contributed by atoms with van der Waals surface area (Å²) in [5.74, 6) is 1.74. The van der Waals surface area contributed by atoms with Crippen LogP contribution in [-0.2, 0) is 12.8 Å². The van der Waals surface area contributed by atoms with Gasteiger partial charge in [-0.2, -0.15) is 0 Å². The molecule has 100 valence electrons. The predicted molar refractivity (Wildman–Crippen MR) is 74.8 cm³/mol. The first kappa shape index (κ1) is 13.3. The summed E-state index contributed by atoms with van der Waals surface area (Å²) < 4.78 is 0. The first-order valence-electron chi connectivity index (χ1n) is 7.00. The minimum atomic E-state index is 0.616. The van der Waals surface area contributed by atoms with Crippen LogP contribution < -0.4 is 10.6 Å². The van der Waals surface area contributed by atoms with Crippen LogP contribution in [0.4, 0.5) is 5.82 Å². The van der Waals surface area contributed by atoms with Crippen molar-refractivity contribution < 1.29 is 0 Å². The molecule has 1 aliphatic carbocycles. The lowest BCUT2D eigenvalue weighted by Crippen LogP contribution is -2.34. The monoisotopic (exact) mass is 248 g/mol. The maximum Gasteiger partial charge on any atom is 0.135 e. The van der Waals surface area contributed by atoms with E-state index in [1.807, 2.05) is 0 Å². The summed E-state index contributed by atoms with van der Waals surface area (Å²) in [4.78, 5) is 11.3. The molecule has 1 aromatic rings. The number of nitrogens with zero attached hydrogens (tertiary/aromatic N) is 3. The highest BCUT2D eigenvalue weighted by atomic mass is 15.2. The molecule has 0 amide bonds. The van der Waals surface area contributed by atoms with Crippen LogP contribution >= 0.6 is 0 Å². The maximum atomic E-state index is 5.73. The van der Waals surface area contributed by atoms with Gasteiger partial charge in [-0.3, -0.25) is 0 Å². The molecule has 1 aromatic heterocycles. The zero-order valence-corrected chi connectivity index (χ0v) is 11.5. The molecule has 0 aliphatic heterocycles. The topological polar surface area (TPSA) is 55.0 Å². The van der Waals surface area contributed by atoms with Gasteiger partial charge in [0.15, 0.2) is 0 Å². The fourth-order valence-corrected chi connectivity index (χ4v) is 2.66. The minimum Gasteiger partial charge on any atom is -0.355 e. The maximum absolute atomic E-state index is 5.73. The Bertz CT molecular complexity index is 389. The van der Waals surface area contributed by atoms with Crippen molar-refractivity contribution in [3.05, 3.63) is 17.6 Å². The van der Waals surface area contributed by atoms with E-state index in [0.717, 1.165) is 31.7 Å². The highest BCUT2D eigenvalue weighted by molar-refractivity contribution is 5.49. The summed E-state index contributed by atoms with van der Waals surface area (Å²) in [5, 5.41) is 0. The third kappa shape index (κ3) is 2.99. The van der Waals surface area contributed by atoms with Crippen LogP contribution in [0.15, 0.2) is 6.33 Å². The van der Waals surface area contributed by atoms with E-state index in [1.165, 1.54) is 24.1 Å². The van der Waals surface area contributed by atoms with Crippen LogP contribution in [-0.4, -0.2) is 29.6 Å². The summed E-state index contributed by atoms with van der Waals surface area (Å²) in [6.45, 7) is 7.03. The number of fused-ring (bicyclic) bond motifs is 1. The molecular weight excluding hydrogens is 224 g/mol. The van der Waals surface area contributed by atoms with Gasteiger partial charge in [-0.25, -0.2) is 9.97 Å². The minimum absolute atomic E-state index is 0.616. The summed E-state index contributed by atoms with van der Waals surface area (Å²) in [7, 11) is 0. The third-order valence-electron chi connectivity index (χ3n) is 3.39. The van der Waals surface area contributed by atoms with E-state index < -0.39 is 0 Å². The molecule has 0 bridgehead atoms. The van der Waals surface area contributed by atoms with Crippen molar-refractivity contribution in [3.63, 3.8) is 0 Å². The second-order valence-electron chi connectivity index (χ2n) is 5.46. The molecule has 0 atom stereocenters. The Morgan fingerprint density at radius 2 is 2.06 bits per heavy atom. The number of rotatable bonds is 5. The van der Waals surface area contributed by atoms with Gasteiger partial charge in [0.25, 0.3) is 0 Å². The van der Waals surface area contributed by atoms with E-state index in [4.69, 9.17) is 5.73 Å². The van der Waals surface area contributed by atoms with E-state index in [1.54, 1.807) is 6.33 Å². The van der Waals surface area contributed by atoms with Gasteiger partial charge in [0.1, 0.15) is 12.1 Å². The fourth-order valence-electron chi connectivity index (χ4n) is 2.66. The van der Waals surface area contributed by atoms with Crippen LogP contribution in [0.3, 0.4) is 0 Å². The Morgan fingerprint density at radius 3 is 2.78 bits per heavy atom. The van der Waals surface area contributed by atoms with E-state index in [9.17, 15) is 0 Å². The lowest BCUT2D eigenvalue weighted by Gasteiger charge is -2.29. The molecule has 0 spiro atoms. The van der Waals surface area contributed by atoms with Crippen molar-refractivity contribution in [2.45, 2.75) is 39.5 Å². The van der Waals surface area contributed by atoms with Gasteiger partial charge in [-0.1, -0.05) is 13.8 Å². The molecule has 0 radical (unpaired) electrons. The SMILES string of the molecule is CC(C)CN(CCN)c1ncnc2c1CCCC2. The molecule has 1 heterocycles. The second kappa shape index (κ2) is 6.14. The summed E-state index contributed by atoms with van der Waals surface area (Å²) in [6.07, 6.45) is 6.44. The Balaban J connectivity index is 2.28. The first-order chi connectivity index (χ1) is 8.72. The molecule has 0 unspecified atom stereocenters. The number of hydrogen-bond acceptors (Lipinski definition) is 4. The molecule has 4 nitrogen and oxygen atoms in total. The van der Waals surface area contributed by atoms with Gasteiger partial charge in [0.2, 0.25) is 0 Å². The van der Waals surface area contributed by atoms with Gasteiger partial charge in [-0.05, 0) is 31.6 Å². The first-order valence-corrected chi connectivity index (χ1v) is 7.00. The predicted octanol–water partition coefficient (Wildman–Crippen LogP) is 1.78. The largest absolute Gasteiger partial charge is 0.355 e. The van der Waals surface area contributed by atoms with Gasteiger partial charge < -0.3 is 10.6 Å². The molecule has 0 saturated heterocycles. The van der Waals surface area contributed by atoms with Crippen molar-refractivity contribution in [2.75, 3.05) is 24.5 Å². The van der Waals surface area contributed by atoms with Gasteiger partial charge >= 0.3 is 0 Å². The van der Waals surface area contributed by atoms with Crippen molar-refractivity contribution >= 4 is 5.82 Å². The number of aromatic nitrogens is 2. The van der Waals surface area contributed by atoms with Crippen molar-refractivity contribution in [2.24, 2.45) is 11.7 Å². The molecule has 2 N–H and O–H groups in total. The molecule has 2 rings (SSSR count). The number of hydrogen-bond donors (Lipinski definition) is 1. The van der Waals surface area contributed by atoms with Crippen molar-refractivity contribution in [1.29, 1.82) is 0 Å². The van der Waals surface area contributed by atoms with Crippen LogP contribution in [0.2, 0.25) is 0 Å². The Kier molecular flexibility index (Phi) is 4.53. The van der Waals surface area contributed by atoms with Gasteiger partial charge in [0.05, 0.1) is 0 Å². The molecular formula is C14H24N4. The summed E-state index contributed by atoms with van der Waals surface area (Å²) >= 11 is 0. The molecule has 1 aliphatic rings. The Labute approximate surface area is 110 Å². The van der Waals surface area contributed by atoms with Crippen LogP contribution in [0.5, 0.6) is 0 Å². The average Bonchev–Trinajstić information content (AvgIpc) is 2.37. The molecule has 18 heavy (non-hydrogen) atoms. The average molecular weight is 248 g/mol. The van der Waals surface area contributed by atoms with E-state index in [0.29, 0.717) is 12.5 Å². The summed E-state index contributed by atoms with van der Waals surface area (Å²) in [6, 6.07) is 0. The quantitative estimate of drug-likeness (QED) is 0.863. The second-order valence-corrected chi connectivity index (χ2v) is 5.46. The Hall–Kier alpha value is -1.16.